The van der Waals surface area contributed by atoms with E-state index in [-0.39, 0.29) is 35.6 Å². The van der Waals surface area contributed by atoms with E-state index in [0.29, 0.717) is 0 Å². The van der Waals surface area contributed by atoms with E-state index in [1.54, 1.807) is 17.8 Å². The van der Waals surface area contributed by atoms with Gasteiger partial charge in [0.25, 0.3) is 0 Å². The van der Waals surface area contributed by atoms with Crippen molar-refractivity contribution in [2.45, 2.75) is 119 Å². The van der Waals surface area contributed by atoms with Gasteiger partial charge in [-0.25, -0.2) is 0 Å². The summed E-state index contributed by atoms with van der Waals surface area (Å²) in [4.78, 5) is 0. The molecule has 0 bridgehead atoms. The van der Waals surface area contributed by atoms with Crippen molar-refractivity contribution >= 4 is 0 Å². The van der Waals surface area contributed by atoms with Crippen LogP contribution in [0.4, 0.5) is 0 Å². The summed E-state index contributed by atoms with van der Waals surface area (Å²) < 4.78 is 0. The molecule has 0 aromatic carbocycles. The molecule has 0 heterocycles. The molecule has 0 nitrogen and oxygen atoms in total. The van der Waals surface area contributed by atoms with Gasteiger partial charge in [0.05, 0.1) is 0 Å². The molecule has 1 heteroatoms. The summed E-state index contributed by atoms with van der Waals surface area (Å²) in [7, 11) is 0. The first kappa shape index (κ1) is 26.2. The zero-order valence-corrected chi connectivity index (χ0v) is 21.9. The van der Waals surface area contributed by atoms with Crippen molar-refractivity contribution in [2.24, 2.45) is 17.8 Å². The summed E-state index contributed by atoms with van der Waals surface area (Å²) in [5.41, 5.74) is 0. The SMILES string of the molecule is CC(C)[C-]1CCCC1.CC(C)[C-]1CCCC1.CC(C)[C-]1CCCC1.[La+3]. The molecule has 0 atom stereocenters. The van der Waals surface area contributed by atoms with Gasteiger partial charge in [-0.05, 0) is 0 Å². The van der Waals surface area contributed by atoms with Crippen LogP contribution in [0.25, 0.3) is 0 Å². The molecule has 3 fully saturated rings. The van der Waals surface area contributed by atoms with E-state index in [1.807, 2.05) is 0 Å². The maximum atomic E-state index is 2.31. The van der Waals surface area contributed by atoms with Crippen LogP contribution in [0.2, 0.25) is 0 Å². The van der Waals surface area contributed by atoms with E-state index in [4.69, 9.17) is 0 Å². The molecule has 25 heavy (non-hydrogen) atoms. The first-order valence-electron chi connectivity index (χ1n) is 11.0. The third-order valence-electron chi connectivity index (χ3n) is 6.19. The molecule has 0 N–H and O–H groups in total. The Kier molecular flexibility index (Phi) is 15.9. The smallest absolute Gasteiger partial charge is 0.311 e. The van der Waals surface area contributed by atoms with Crippen molar-refractivity contribution in [1.29, 1.82) is 0 Å². The molecule has 3 aliphatic rings. The summed E-state index contributed by atoms with van der Waals surface area (Å²) >= 11 is 0. The Morgan fingerprint density at radius 2 is 0.560 bits per heavy atom. The third-order valence-corrected chi connectivity index (χ3v) is 6.19. The average molecular weight is 473 g/mol. The van der Waals surface area contributed by atoms with E-state index in [2.05, 4.69) is 41.5 Å². The van der Waals surface area contributed by atoms with Gasteiger partial charge in [-0.15, -0.1) is 0 Å². The van der Waals surface area contributed by atoms with Gasteiger partial charge in [-0.1, -0.05) is 80.1 Å². The zero-order valence-electron chi connectivity index (χ0n) is 18.3. The van der Waals surface area contributed by atoms with E-state index in [1.165, 1.54) is 77.0 Å². The number of hydrogen-bond acceptors (Lipinski definition) is 0. The fourth-order valence-electron chi connectivity index (χ4n) is 4.22. The summed E-state index contributed by atoms with van der Waals surface area (Å²) in [6, 6.07) is 0. The Hall–Kier alpha value is 1.19. The maximum Gasteiger partial charge on any atom is 3.00 e. The Morgan fingerprint density at radius 1 is 0.400 bits per heavy atom. The predicted octanol–water partition coefficient (Wildman–Crippen LogP) is 8.37. The van der Waals surface area contributed by atoms with Crippen LogP contribution in [-0.2, 0) is 0 Å². The van der Waals surface area contributed by atoms with Crippen LogP contribution in [0.1, 0.15) is 119 Å². The maximum absolute atomic E-state index is 2.31. The van der Waals surface area contributed by atoms with Gasteiger partial charge in [-0.3, -0.25) is 0 Å². The summed E-state index contributed by atoms with van der Waals surface area (Å²) in [6.07, 6.45) is 17.2. The third kappa shape index (κ3) is 11.6. The molecule has 144 valence electrons. The van der Waals surface area contributed by atoms with Gasteiger partial charge in [0.1, 0.15) is 0 Å². The molecule has 0 aliphatic heterocycles. The zero-order chi connectivity index (χ0) is 17.9. The van der Waals surface area contributed by atoms with Gasteiger partial charge in [0.2, 0.25) is 0 Å². The Morgan fingerprint density at radius 3 is 0.640 bits per heavy atom. The molecule has 3 rings (SSSR count). The fraction of sp³-hybridized carbons (Fsp3) is 0.875. The molecule has 0 saturated heterocycles. The molecule has 0 radical (unpaired) electrons. The molecular formula is C24H45La. The molecule has 0 spiro atoms. The average Bonchev–Trinajstić information content (AvgIpc) is 3.29. The van der Waals surface area contributed by atoms with E-state index in [9.17, 15) is 0 Å². The van der Waals surface area contributed by atoms with Crippen LogP contribution in [-0.4, -0.2) is 0 Å². The van der Waals surface area contributed by atoms with Crippen molar-refractivity contribution in [3.63, 3.8) is 0 Å². The minimum absolute atomic E-state index is 0. The molecular weight excluding hydrogens is 427 g/mol. The topological polar surface area (TPSA) is 0 Å². The first-order valence-corrected chi connectivity index (χ1v) is 11.0. The van der Waals surface area contributed by atoms with E-state index < -0.39 is 0 Å². The summed E-state index contributed by atoms with van der Waals surface area (Å²) in [5.74, 6) is 7.97. The molecule has 3 saturated carbocycles. The minimum Gasteiger partial charge on any atom is -0.311 e. The second kappa shape index (κ2) is 15.2. The van der Waals surface area contributed by atoms with E-state index in [0.717, 1.165) is 17.8 Å². The van der Waals surface area contributed by atoms with Crippen LogP contribution >= 0.6 is 0 Å². The number of hydrogen-bond donors (Lipinski definition) is 0. The first-order chi connectivity index (χ1) is 11.4. The van der Waals surface area contributed by atoms with E-state index >= 15 is 0 Å². The molecule has 0 aromatic heterocycles. The van der Waals surface area contributed by atoms with Crippen LogP contribution < -0.4 is 0 Å². The van der Waals surface area contributed by atoms with Crippen molar-refractivity contribution < 1.29 is 35.6 Å². The van der Waals surface area contributed by atoms with Crippen LogP contribution in [0, 0.1) is 71.1 Å². The van der Waals surface area contributed by atoms with Gasteiger partial charge in [0, 0.05) is 0 Å². The van der Waals surface area contributed by atoms with Crippen LogP contribution in [0.3, 0.4) is 0 Å². The second-order valence-electron chi connectivity index (χ2n) is 9.06. The standard InChI is InChI=1S/3C8H15.La/c3*1-7(2)8-5-3-4-6-8;/h3*7H,3-6H2,1-2H3;/q3*-1;+3. The van der Waals surface area contributed by atoms with Gasteiger partial charge in [-0.2, -0.15) is 56.3 Å². The van der Waals surface area contributed by atoms with Crippen molar-refractivity contribution in [2.75, 3.05) is 0 Å². The Labute approximate surface area is 188 Å². The Balaban J connectivity index is 0.000000339. The molecule has 0 amide bonds. The van der Waals surface area contributed by atoms with Gasteiger partial charge < -0.3 is 17.8 Å². The van der Waals surface area contributed by atoms with Crippen LogP contribution in [0.15, 0.2) is 0 Å². The second-order valence-corrected chi connectivity index (χ2v) is 9.06. The normalized spacial score (nSPS) is 22.0. The quantitative estimate of drug-likeness (QED) is 0.362. The van der Waals surface area contributed by atoms with Gasteiger partial charge in [0.15, 0.2) is 0 Å². The molecule has 0 unspecified atom stereocenters. The summed E-state index contributed by atoms with van der Waals surface area (Å²) in [5, 5.41) is 0. The van der Waals surface area contributed by atoms with Crippen LogP contribution in [0.5, 0.6) is 0 Å². The summed E-state index contributed by atoms with van der Waals surface area (Å²) in [6.45, 7) is 13.8. The largest absolute Gasteiger partial charge is 3.00 e. The van der Waals surface area contributed by atoms with Gasteiger partial charge >= 0.3 is 35.6 Å². The predicted molar refractivity (Wildman–Crippen MR) is 110 cm³/mol. The fourth-order valence-corrected chi connectivity index (χ4v) is 4.22. The van der Waals surface area contributed by atoms with Crippen molar-refractivity contribution in [3.05, 3.63) is 17.8 Å². The molecule has 0 aromatic rings. The molecule has 3 aliphatic carbocycles. The number of rotatable bonds is 3. The van der Waals surface area contributed by atoms with Crippen molar-refractivity contribution in [3.8, 4) is 0 Å². The monoisotopic (exact) mass is 472 g/mol. The Bertz CT molecular complexity index is 229. The van der Waals surface area contributed by atoms with Crippen molar-refractivity contribution in [1.82, 2.24) is 0 Å². The minimum atomic E-state index is 0.